The van der Waals surface area contributed by atoms with Gasteiger partial charge in [0.2, 0.25) is 5.91 Å². The topological polar surface area (TPSA) is 89.0 Å². The molecule has 3 rings (SSSR count). The summed E-state index contributed by atoms with van der Waals surface area (Å²) in [6.07, 6.45) is 0.0309. The van der Waals surface area contributed by atoms with E-state index in [4.69, 9.17) is 9.47 Å². The van der Waals surface area contributed by atoms with E-state index < -0.39 is 5.91 Å². The van der Waals surface area contributed by atoms with Gasteiger partial charge in [-0.1, -0.05) is 48.5 Å². The maximum atomic E-state index is 12.6. The highest BCUT2D eigenvalue weighted by atomic mass is 16.5. The number of methoxy groups -OCH3 is 2. The minimum atomic E-state index is -0.446. The van der Waals surface area contributed by atoms with Gasteiger partial charge in [0.1, 0.15) is 11.5 Å². The summed E-state index contributed by atoms with van der Waals surface area (Å²) >= 11 is 0. The summed E-state index contributed by atoms with van der Waals surface area (Å²) in [6.45, 7) is 1.67. The lowest BCUT2D eigenvalue weighted by Crippen LogP contribution is -2.22. The van der Waals surface area contributed by atoms with Crippen molar-refractivity contribution in [3.8, 4) is 22.6 Å². The van der Waals surface area contributed by atoms with Crippen molar-refractivity contribution in [1.29, 1.82) is 0 Å². The van der Waals surface area contributed by atoms with Crippen molar-refractivity contribution in [3.05, 3.63) is 78.4 Å². The summed E-state index contributed by atoms with van der Waals surface area (Å²) in [6, 6.07) is 22.3. The maximum Gasteiger partial charge on any atom is 0.275 e. The van der Waals surface area contributed by atoms with Crippen LogP contribution in [-0.4, -0.2) is 31.7 Å². The number of rotatable bonds is 8. The van der Waals surface area contributed by atoms with Gasteiger partial charge in [0.25, 0.3) is 5.91 Å². The van der Waals surface area contributed by atoms with Crippen molar-refractivity contribution in [2.24, 2.45) is 5.10 Å². The molecule has 0 aliphatic heterocycles. The smallest absolute Gasteiger partial charge is 0.275 e. The van der Waals surface area contributed by atoms with Crippen LogP contribution < -0.4 is 20.2 Å². The monoisotopic (exact) mass is 431 g/mol. The van der Waals surface area contributed by atoms with Crippen LogP contribution in [-0.2, 0) is 4.79 Å². The van der Waals surface area contributed by atoms with Gasteiger partial charge in [-0.3, -0.25) is 9.59 Å². The standard InChI is InChI=1S/C25H25N3O4/c1-17(27-28-25(30)21-14-13-19(31-2)16-23(21)32-3)15-24(29)26-22-12-8-7-11-20(22)18-9-5-4-6-10-18/h4-14,16H,15H2,1-3H3,(H,26,29)(H,28,30)/b27-17+. The Morgan fingerprint density at radius 1 is 0.906 bits per heavy atom. The molecule has 7 heteroatoms. The summed E-state index contributed by atoms with van der Waals surface area (Å²) in [7, 11) is 3.00. The molecule has 0 heterocycles. The molecular formula is C25H25N3O4. The lowest BCUT2D eigenvalue weighted by atomic mass is 10.0. The molecule has 0 radical (unpaired) electrons. The number of anilines is 1. The van der Waals surface area contributed by atoms with Crippen LogP contribution in [0, 0.1) is 0 Å². The molecule has 0 atom stereocenters. The van der Waals surface area contributed by atoms with Gasteiger partial charge in [0, 0.05) is 23.0 Å². The highest BCUT2D eigenvalue weighted by Crippen LogP contribution is 2.27. The maximum absolute atomic E-state index is 12.6. The SMILES string of the molecule is COc1ccc(C(=O)N/N=C(\C)CC(=O)Nc2ccccc2-c2ccccc2)c(OC)c1. The molecule has 7 nitrogen and oxygen atoms in total. The highest BCUT2D eigenvalue weighted by Gasteiger charge is 2.14. The molecule has 2 amide bonds. The Morgan fingerprint density at radius 3 is 2.34 bits per heavy atom. The van der Waals surface area contributed by atoms with E-state index in [1.54, 1.807) is 25.1 Å². The van der Waals surface area contributed by atoms with Gasteiger partial charge in [-0.15, -0.1) is 0 Å². The summed E-state index contributed by atoms with van der Waals surface area (Å²) in [5, 5.41) is 6.97. The molecule has 0 spiro atoms. The zero-order chi connectivity index (χ0) is 22.9. The second-order valence-corrected chi connectivity index (χ2v) is 6.99. The third kappa shape index (κ3) is 5.72. The van der Waals surface area contributed by atoms with Gasteiger partial charge in [-0.25, -0.2) is 5.43 Å². The number of hydrogen-bond acceptors (Lipinski definition) is 5. The second-order valence-electron chi connectivity index (χ2n) is 6.99. The average Bonchev–Trinajstić information content (AvgIpc) is 2.82. The van der Waals surface area contributed by atoms with Crippen molar-refractivity contribution in [2.45, 2.75) is 13.3 Å². The predicted molar refractivity (Wildman–Crippen MR) is 125 cm³/mol. The van der Waals surface area contributed by atoms with Crippen LogP contribution in [0.2, 0.25) is 0 Å². The van der Waals surface area contributed by atoms with Crippen LogP contribution in [0.3, 0.4) is 0 Å². The number of nitrogens with zero attached hydrogens (tertiary/aromatic N) is 1. The van der Waals surface area contributed by atoms with Crippen LogP contribution in [0.15, 0.2) is 77.9 Å². The number of carbonyl (C=O) groups is 2. The summed E-state index contributed by atoms with van der Waals surface area (Å²) in [4.78, 5) is 25.0. The molecule has 0 bridgehead atoms. The first-order chi connectivity index (χ1) is 15.5. The van der Waals surface area contributed by atoms with Gasteiger partial charge < -0.3 is 14.8 Å². The number of ether oxygens (including phenoxy) is 2. The van der Waals surface area contributed by atoms with Gasteiger partial charge >= 0.3 is 0 Å². The Kier molecular flexibility index (Phi) is 7.59. The van der Waals surface area contributed by atoms with Crippen LogP contribution in [0.1, 0.15) is 23.7 Å². The Hall–Kier alpha value is -4.13. The Morgan fingerprint density at radius 2 is 1.62 bits per heavy atom. The van der Waals surface area contributed by atoms with Crippen molar-refractivity contribution in [2.75, 3.05) is 19.5 Å². The van der Waals surface area contributed by atoms with E-state index in [-0.39, 0.29) is 12.3 Å². The number of carbonyl (C=O) groups excluding carboxylic acids is 2. The number of hydrogen-bond donors (Lipinski definition) is 2. The van der Waals surface area contributed by atoms with E-state index in [1.165, 1.54) is 14.2 Å². The molecule has 3 aromatic carbocycles. The first-order valence-corrected chi connectivity index (χ1v) is 10.0. The second kappa shape index (κ2) is 10.8. The molecule has 0 fully saturated rings. The number of benzene rings is 3. The molecule has 0 saturated carbocycles. The minimum absolute atomic E-state index is 0.0309. The van der Waals surface area contributed by atoms with Gasteiger partial charge in [0.15, 0.2) is 0 Å². The minimum Gasteiger partial charge on any atom is -0.497 e. The quantitative estimate of drug-likeness (QED) is 0.406. The Labute approximate surface area is 187 Å². The van der Waals surface area contributed by atoms with Crippen LogP contribution in [0.25, 0.3) is 11.1 Å². The van der Waals surface area contributed by atoms with Gasteiger partial charge in [0.05, 0.1) is 26.2 Å². The first-order valence-electron chi connectivity index (χ1n) is 10.0. The fourth-order valence-corrected chi connectivity index (χ4v) is 3.12. The van der Waals surface area contributed by atoms with Crippen molar-refractivity contribution in [1.82, 2.24) is 5.43 Å². The Balaban J connectivity index is 1.64. The lowest BCUT2D eigenvalue weighted by Gasteiger charge is -2.11. The van der Waals surface area contributed by atoms with E-state index in [0.29, 0.717) is 28.5 Å². The fraction of sp³-hybridized carbons (Fsp3) is 0.160. The molecule has 0 aliphatic carbocycles. The molecule has 164 valence electrons. The molecule has 0 aliphatic rings. The van der Waals surface area contributed by atoms with E-state index in [2.05, 4.69) is 15.8 Å². The summed E-state index contributed by atoms with van der Waals surface area (Å²) in [5.74, 6) is 0.264. The van der Waals surface area contributed by atoms with E-state index in [0.717, 1.165) is 11.1 Å². The molecule has 3 aromatic rings. The van der Waals surface area contributed by atoms with Crippen molar-refractivity contribution >= 4 is 23.2 Å². The summed E-state index contributed by atoms with van der Waals surface area (Å²) < 4.78 is 10.4. The third-order valence-electron chi connectivity index (χ3n) is 4.70. The van der Waals surface area contributed by atoms with Crippen molar-refractivity contribution in [3.63, 3.8) is 0 Å². The normalized spacial score (nSPS) is 10.9. The van der Waals surface area contributed by atoms with Gasteiger partial charge in [-0.05, 0) is 30.7 Å². The van der Waals surface area contributed by atoms with E-state index in [1.807, 2.05) is 54.6 Å². The number of nitrogens with one attached hydrogen (secondary N) is 2. The van der Waals surface area contributed by atoms with Crippen LogP contribution >= 0.6 is 0 Å². The van der Waals surface area contributed by atoms with Crippen LogP contribution in [0.5, 0.6) is 11.5 Å². The molecule has 0 saturated heterocycles. The molecule has 0 aromatic heterocycles. The molecule has 0 unspecified atom stereocenters. The lowest BCUT2D eigenvalue weighted by molar-refractivity contribution is -0.115. The van der Waals surface area contributed by atoms with Crippen LogP contribution in [0.4, 0.5) is 5.69 Å². The third-order valence-corrected chi connectivity index (χ3v) is 4.70. The fourth-order valence-electron chi connectivity index (χ4n) is 3.12. The zero-order valence-electron chi connectivity index (χ0n) is 18.2. The molecule has 32 heavy (non-hydrogen) atoms. The first kappa shape index (κ1) is 22.6. The summed E-state index contributed by atoms with van der Waals surface area (Å²) in [5.41, 5.74) is 5.88. The number of hydrazone groups is 1. The largest absolute Gasteiger partial charge is 0.497 e. The predicted octanol–water partition coefficient (Wildman–Crippen LogP) is 4.51. The molecular weight excluding hydrogens is 406 g/mol. The number of amides is 2. The van der Waals surface area contributed by atoms with Gasteiger partial charge in [-0.2, -0.15) is 5.10 Å². The zero-order valence-corrected chi connectivity index (χ0v) is 18.2. The Bertz CT molecular complexity index is 1130. The van der Waals surface area contributed by atoms with E-state index >= 15 is 0 Å². The van der Waals surface area contributed by atoms with E-state index in [9.17, 15) is 9.59 Å². The average molecular weight is 431 g/mol. The van der Waals surface area contributed by atoms with Crippen molar-refractivity contribution < 1.29 is 19.1 Å². The highest BCUT2D eigenvalue weighted by molar-refractivity contribution is 6.07. The number of para-hydroxylation sites is 1. The molecule has 2 N–H and O–H groups in total.